The van der Waals surface area contributed by atoms with E-state index in [4.69, 9.17) is 13.7 Å². The van der Waals surface area contributed by atoms with E-state index in [1.807, 2.05) is 0 Å². The molecule has 0 atom stereocenters. The lowest BCUT2D eigenvalue weighted by molar-refractivity contribution is 0.0585. The topological polar surface area (TPSA) is 84.8 Å². The molecule has 0 saturated carbocycles. The van der Waals surface area contributed by atoms with Gasteiger partial charge in [-0.25, -0.2) is 4.39 Å². The Bertz CT molecular complexity index is 902. The van der Waals surface area contributed by atoms with Crippen LogP contribution in [-0.4, -0.2) is 52.0 Å². The summed E-state index contributed by atoms with van der Waals surface area (Å²) in [6.45, 7) is 3.27. The van der Waals surface area contributed by atoms with E-state index in [-0.39, 0.29) is 18.3 Å². The van der Waals surface area contributed by atoms with E-state index >= 15 is 0 Å². The van der Waals surface area contributed by atoms with Crippen LogP contribution in [0.4, 0.5) is 4.39 Å². The zero-order valence-electron chi connectivity index (χ0n) is 15.1. The average Bonchev–Trinajstić information content (AvgIpc) is 3.40. The van der Waals surface area contributed by atoms with Crippen molar-refractivity contribution in [1.29, 1.82) is 0 Å². The van der Waals surface area contributed by atoms with E-state index < -0.39 is 0 Å². The second kappa shape index (κ2) is 8.22. The maximum absolute atomic E-state index is 12.9. The van der Waals surface area contributed by atoms with Gasteiger partial charge in [0, 0.05) is 26.2 Å². The number of amides is 1. The van der Waals surface area contributed by atoms with Gasteiger partial charge in [0.2, 0.25) is 11.7 Å². The fourth-order valence-corrected chi connectivity index (χ4v) is 2.95. The van der Waals surface area contributed by atoms with E-state index in [0.717, 1.165) is 0 Å². The molecule has 4 rings (SSSR count). The molecule has 2 aromatic heterocycles. The minimum Gasteiger partial charge on any atom is -0.485 e. The van der Waals surface area contributed by atoms with Crippen molar-refractivity contribution in [3.05, 3.63) is 66.0 Å². The Morgan fingerprint density at radius 2 is 1.93 bits per heavy atom. The molecule has 3 heterocycles. The molecule has 0 spiro atoms. The van der Waals surface area contributed by atoms with Gasteiger partial charge in [-0.2, -0.15) is 4.98 Å². The summed E-state index contributed by atoms with van der Waals surface area (Å²) in [5, 5.41) is 3.90. The monoisotopic (exact) mass is 386 g/mol. The highest BCUT2D eigenvalue weighted by atomic mass is 19.1. The first-order valence-electron chi connectivity index (χ1n) is 8.92. The van der Waals surface area contributed by atoms with Crippen molar-refractivity contribution in [1.82, 2.24) is 19.9 Å². The van der Waals surface area contributed by atoms with Crippen molar-refractivity contribution in [2.75, 3.05) is 26.2 Å². The molecule has 3 aromatic rings. The van der Waals surface area contributed by atoms with Gasteiger partial charge in [0.15, 0.2) is 12.4 Å². The van der Waals surface area contributed by atoms with Gasteiger partial charge >= 0.3 is 0 Å². The van der Waals surface area contributed by atoms with Gasteiger partial charge in [-0.05, 0) is 36.4 Å². The Morgan fingerprint density at radius 1 is 1.14 bits per heavy atom. The van der Waals surface area contributed by atoms with Crippen LogP contribution in [0.5, 0.6) is 5.75 Å². The van der Waals surface area contributed by atoms with Gasteiger partial charge < -0.3 is 18.6 Å². The van der Waals surface area contributed by atoms with Crippen LogP contribution in [0.25, 0.3) is 0 Å². The van der Waals surface area contributed by atoms with Gasteiger partial charge in [-0.3, -0.25) is 9.69 Å². The van der Waals surface area contributed by atoms with Crippen LogP contribution in [0.2, 0.25) is 0 Å². The predicted molar refractivity (Wildman–Crippen MR) is 94.9 cm³/mol. The van der Waals surface area contributed by atoms with Crippen LogP contribution in [0.1, 0.15) is 22.3 Å². The first-order valence-corrected chi connectivity index (χ1v) is 8.92. The lowest BCUT2D eigenvalue weighted by atomic mass is 10.3. The summed E-state index contributed by atoms with van der Waals surface area (Å²) in [6.07, 6.45) is 1.50. The molecule has 1 fully saturated rings. The summed E-state index contributed by atoms with van der Waals surface area (Å²) in [7, 11) is 0. The molecule has 0 N–H and O–H groups in total. The maximum Gasteiger partial charge on any atom is 0.289 e. The molecule has 1 aliphatic heterocycles. The SMILES string of the molecule is O=C(c1ccco1)N1CCN(Cc2nc(COc3ccc(F)cc3)no2)CC1. The lowest BCUT2D eigenvalue weighted by Crippen LogP contribution is -2.48. The second-order valence-corrected chi connectivity index (χ2v) is 6.39. The number of carbonyl (C=O) groups is 1. The standard InChI is InChI=1S/C19H19FN4O4/c20-14-3-5-15(6-4-14)27-13-17-21-18(28-22-17)12-23-7-9-24(10-8-23)19(25)16-2-1-11-26-16/h1-6,11H,7-10,12-13H2. The van der Waals surface area contributed by atoms with Gasteiger partial charge in [0.25, 0.3) is 5.91 Å². The predicted octanol–water partition coefficient (Wildman–Crippen LogP) is 2.34. The zero-order chi connectivity index (χ0) is 19.3. The molecule has 146 valence electrons. The number of hydrogen-bond donors (Lipinski definition) is 0. The zero-order valence-corrected chi connectivity index (χ0v) is 15.1. The summed E-state index contributed by atoms with van der Waals surface area (Å²) >= 11 is 0. The second-order valence-electron chi connectivity index (χ2n) is 6.39. The number of carbonyl (C=O) groups excluding carboxylic acids is 1. The van der Waals surface area contributed by atoms with Crippen LogP contribution in [0.3, 0.4) is 0 Å². The number of ether oxygens (including phenoxy) is 1. The smallest absolute Gasteiger partial charge is 0.289 e. The van der Waals surface area contributed by atoms with E-state index in [2.05, 4.69) is 15.0 Å². The number of nitrogens with zero attached hydrogens (tertiary/aromatic N) is 4. The number of benzene rings is 1. The van der Waals surface area contributed by atoms with Crippen LogP contribution >= 0.6 is 0 Å². The summed E-state index contributed by atoms with van der Waals surface area (Å²) in [4.78, 5) is 20.5. The molecule has 1 amide bonds. The third-order valence-electron chi connectivity index (χ3n) is 4.44. The molecular weight excluding hydrogens is 367 g/mol. The lowest BCUT2D eigenvalue weighted by Gasteiger charge is -2.33. The number of piperazine rings is 1. The molecule has 0 radical (unpaired) electrons. The van der Waals surface area contributed by atoms with Gasteiger partial charge in [-0.1, -0.05) is 5.16 Å². The van der Waals surface area contributed by atoms with Crippen molar-refractivity contribution in [2.24, 2.45) is 0 Å². The molecule has 0 aliphatic carbocycles. The Labute approximate surface area is 160 Å². The number of rotatable bonds is 6. The van der Waals surface area contributed by atoms with Gasteiger partial charge in [0.1, 0.15) is 11.6 Å². The Morgan fingerprint density at radius 3 is 2.64 bits per heavy atom. The number of aromatic nitrogens is 2. The van der Waals surface area contributed by atoms with Crippen LogP contribution < -0.4 is 4.74 Å². The minimum absolute atomic E-state index is 0.0948. The molecule has 0 unspecified atom stereocenters. The van der Waals surface area contributed by atoms with Crippen molar-refractivity contribution < 1.29 is 22.9 Å². The van der Waals surface area contributed by atoms with Gasteiger partial charge in [0.05, 0.1) is 12.8 Å². The average molecular weight is 386 g/mol. The minimum atomic E-state index is -0.319. The van der Waals surface area contributed by atoms with Crippen molar-refractivity contribution >= 4 is 5.91 Å². The Kier molecular flexibility index (Phi) is 5.34. The Hall–Kier alpha value is -3.20. The summed E-state index contributed by atoms with van der Waals surface area (Å²) in [6, 6.07) is 9.11. The van der Waals surface area contributed by atoms with E-state index in [0.29, 0.717) is 55.9 Å². The highest BCUT2D eigenvalue weighted by molar-refractivity contribution is 5.91. The third-order valence-corrected chi connectivity index (χ3v) is 4.44. The molecule has 9 heteroatoms. The molecule has 28 heavy (non-hydrogen) atoms. The largest absolute Gasteiger partial charge is 0.485 e. The van der Waals surface area contributed by atoms with Crippen molar-refractivity contribution in [2.45, 2.75) is 13.2 Å². The molecule has 1 aromatic carbocycles. The summed E-state index contributed by atoms with van der Waals surface area (Å²) in [5.41, 5.74) is 0. The Balaban J connectivity index is 1.24. The van der Waals surface area contributed by atoms with E-state index in [1.165, 1.54) is 18.4 Å². The molecule has 1 aliphatic rings. The quantitative estimate of drug-likeness (QED) is 0.643. The summed E-state index contributed by atoms with van der Waals surface area (Å²) < 4.78 is 28.8. The van der Waals surface area contributed by atoms with Crippen LogP contribution in [0.15, 0.2) is 51.6 Å². The van der Waals surface area contributed by atoms with E-state index in [1.54, 1.807) is 29.2 Å². The highest BCUT2D eigenvalue weighted by Gasteiger charge is 2.24. The normalized spacial score (nSPS) is 15.0. The van der Waals surface area contributed by atoms with E-state index in [9.17, 15) is 9.18 Å². The van der Waals surface area contributed by atoms with Crippen LogP contribution in [-0.2, 0) is 13.2 Å². The molecular formula is C19H19FN4O4. The molecule has 0 bridgehead atoms. The van der Waals surface area contributed by atoms with Crippen molar-refractivity contribution in [3.8, 4) is 5.75 Å². The number of halogens is 1. The number of furan rings is 1. The van der Waals surface area contributed by atoms with Crippen LogP contribution in [0, 0.1) is 5.82 Å². The van der Waals surface area contributed by atoms with Crippen molar-refractivity contribution in [3.63, 3.8) is 0 Å². The fourth-order valence-electron chi connectivity index (χ4n) is 2.95. The molecule has 8 nitrogen and oxygen atoms in total. The highest BCUT2D eigenvalue weighted by Crippen LogP contribution is 2.14. The fraction of sp³-hybridized carbons (Fsp3) is 0.316. The first kappa shape index (κ1) is 18.2. The van der Waals surface area contributed by atoms with Gasteiger partial charge in [-0.15, -0.1) is 0 Å². The first-order chi connectivity index (χ1) is 13.7. The molecule has 1 saturated heterocycles. The number of hydrogen-bond acceptors (Lipinski definition) is 7. The summed E-state index contributed by atoms with van der Waals surface area (Å²) in [5.74, 6) is 1.39. The maximum atomic E-state index is 12.9. The third kappa shape index (κ3) is 4.37.